The standard InChI is InChI=1S/C11H16N4O2S/c12-11(13)14-6-8-15(9-7-14)18(16,17)10-4-2-1-3-5-10/h1-5H,6-9H2,(H3,12,13). The van der Waals surface area contributed by atoms with Crippen molar-refractivity contribution in [3.63, 3.8) is 0 Å². The smallest absolute Gasteiger partial charge is 0.243 e. The second-order valence-electron chi connectivity index (χ2n) is 4.09. The van der Waals surface area contributed by atoms with Gasteiger partial charge in [-0.2, -0.15) is 4.31 Å². The lowest BCUT2D eigenvalue weighted by molar-refractivity contribution is 0.263. The Bertz CT molecular complexity index is 521. The summed E-state index contributed by atoms with van der Waals surface area (Å²) in [4.78, 5) is 1.97. The van der Waals surface area contributed by atoms with Gasteiger partial charge in [-0.1, -0.05) is 18.2 Å². The van der Waals surface area contributed by atoms with Gasteiger partial charge in [0.25, 0.3) is 0 Å². The number of piperazine rings is 1. The van der Waals surface area contributed by atoms with E-state index in [1.54, 1.807) is 35.2 Å². The molecule has 1 saturated heterocycles. The number of nitrogens with zero attached hydrogens (tertiary/aromatic N) is 2. The summed E-state index contributed by atoms with van der Waals surface area (Å²) in [5, 5.41) is 7.31. The minimum atomic E-state index is -3.42. The Morgan fingerprint density at radius 3 is 2.17 bits per heavy atom. The van der Waals surface area contributed by atoms with Crippen LogP contribution in [0.2, 0.25) is 0 Å². The molecule has 1 fully saturated rings. The average Bonchev–Trinajstić information content (AvgIpc) is 2.40. The fourth-order valence-corrected chi connectivity index (χ4v) is 3.35. The van der Waals surface area contributed by atoms with Crippen LogP contribution in [0.15, 0.2) is 35.2 Å². The summed E-state index contributed by atoms with van der Waals surface area (Å²) in [5.41, 5.74) is 5.37. The third kappa shape index (κ3) is 2.46. The minimum Gasteiger partial charge on any atom is -0.370 e. The molecule has 0 spiro atoms. The zero-order valence-corrected chi connectivity index (χ0v) is 10.7. The topological polar surface area (TPSA) is 90.5 Å². The lowest BCUT2D eigenvalue weighted by atomic mass is 10.4. The molecule has 0 amide bonds. The molecule has 0 atom stereocenters. The summed E-state index contributed by atoms with van der Waals surface area (Å²) < 4.78 is 26.0. The van der Waals surface area contributed by atoms with E-state index in [4.69, 9.17) is 11.1 Å². The molecular formula is C11H16N4O2S. The minimum absolute atomic E-state index is 0.00763. The zero-order valence-electron chi connectivity index (χ0n) is 9.91. The maximum atomic E-state index is 12.3. The van der Waals surface area contributed by atoms with Crippen LogP contribution in [0.3, 0.4) is 0 Å². The van der Waals surface area contributed by atoms with Crippen molar-refractivity contribution in [2.45, 2.75) is 4.90 Å². The van der Waals surface area contributed by atoms with Crippen LogP contribution in [0.4, 0.5) is 0 Å². The zero-order chi connectivity index (χ0) is 13.2. The van der Waals surface area contributed by atoms with Gasteiger partial charge in [0.2, 0.25) is 10.0 Å². The number of nitrogens with one attached hydrogen (secondary N) is 1. The van der Waals surface area contributed by atoms with Crippen LogP contribution >= 0.6 is 0 Å². The fourth-order valence-electron chi connectivity index (χ4n) is 1.91. The van der Waals surface area contributed by atoms with Gasteiger partial charge in [-0.25, -0.2) is 8.42 Å². The quantitative estimate of drug-likeness (QED) is 0.578. The number of hydrogen-bond donors (Lipinski definition) is 2. The lowest BCUT2D eigenvalue weighted by Crippen LogP contribution is -2.52. The van der Waals surface area contributed by atoms with Gasteiger partial charge in [0.15, 0.2) is 5.96 Å². The third-order valence-electron chi connectivity index (χ3n) is 2.96. The molecule has 1 aliphatic heterocycles. The largest absolute Gasteiger partial charge is 0.370 e. The van der Waals surface area contributed by atoms with Crippen molar-refractivity contribution in [3.8, 4) is 0 Å². The number of guanidine groups is 1. The molecule has 0 unspecified atom stereocenters. The Hall–Kier alpha value is -1.60. The first kappa shape index (κ1) is 12.8. The molecule has 1 aliphatic rings. The Morgan fingerprint density at radius 1 is 1.11 bits per heavy atom. The molecule has 1 aromatic rings. The fraction of sp³-hybridized carbons (Fsp3) is 0.364. The molecule has 18 heavy (non-hydrogen) atoms. The second-order valence-corrected chi connectivity index (χ2v) is 6.03. The van der Waals surface area contributed by atoms with Crippen LogP contribution in [-0.2, 0) is 10.0 Å². The van der Waals surface area contributed by atoms with Gasteiger partial charge in [0, 0.05) is 26.2 Å². The van der Waals surface area contributed by atoms with Crippen LogP contribution in [0.5, 0.6) is 0 Å². The third-order valence-corrected chi connectivity index (χ3v) is 4.87. The second kappa shape index (κ2) is 4.95. The summed E-state index contributed by atoms with van der Waals surface area (Å²) in [6.45, 7) is 1.64. The highest BCUT2D eigenvalue weighted by Gasteiger charge is 2.28. The van der Waals surface area contributed by atoms with Gasteiger partial charge in [-0.15, -0.1) is 0 Å². The summed E-state index contributed by atoms with van der Waals surface area (Å²) in [5.74, 6) is -0.00763. The van der Waals surface area contributed by atoms with E-state index in [9.17, 15) is 8.42 Å². The predicted molar refractivity (Wildman–Crippen MR) is 68.7 cm³/mol. The van der Waals surface area contributed by atoms with Gasteiger partial charge >= 0.3 is 0 Å². The normalized spacial score (nSPS) is 17.7. The van der Waals surface area contributed by atoms with Gasteiger partial charge in [0.05, 0.1) is 4.90 Å². The average molecular weight is 268 g/mol. The van der Waals surface area contributed by atoms with E-state index < -0.39 is 10.0 Å². The molecule has 0 saturated carbocycles. The molecule has 7 heteroatoms. The summed E-state index contributed by atoms with van der Waals surface area (Å²) in [6.07, 6.45) is 0. The number of rotatable bonds is 2. The predicted octanol–water partition coefficient (Wildman–Crippen LogP) is -0.114. The first-order valence-electron chi connectivity index (χ1n) is 5.66. The van der Waals surface area contributed by atoms with Gasteiger partial charge in [-0.05, 0) is 12.1 Å². The first-order valence-corrected chi connectivity index (χ1v) is 7.10. The van der Waals surface area contributed by atoms with Crippen LogP contribution in [-0.4, -0.2) is 49.8 Å². The molecule has 0 aromatic heterocycles. The van der Waals surface area contributed by atoms with Crippen LogP contribution in [0, 0.1) is 5.41 Å². The van der Waals surface area contributed by atoms with Crippen molar-refractivity contribution in [1.29, 1.82) is 5.41 Å². The molecule has 1 heterocycles. The summed E-state index contributed by atoms with van der Waals surface area (Å²) in [6, 6.07) is 8.38. The molecule has 0 aliphatic carbocycles. The number of hydrogen-bond acceptors (Lipinski definition) is 3. The van der Waals surface area contributed by atoms with Crippen LogP contribution < -0.4 is 5.73 Å². The lowest BCUT2D eigenvalue weighted by Gasteiger charge is -2.34. The monoisotopic (exact) mass is 268 g/mol. The van der Waals surface area contributed by atoms with Gasteiger partial charge in [0.1, 0.15) is 0 Å². The first-order chi connectivity index (χ1) is 8.51. The number of benzene rings is 1. The Labute approximate surface area is 107 Å². The maximum Gasteiger partial charge on any atom is 0.243 e. The number of nitrogens with two attached hydrogens (primary N) is 1. The van der Waals surface area contributed by atoms with Crippen LogP contribution in [0.25, 0.3) is 0 Å². The van der Waals surface area contributed by atoms with Crippen molar-refractivity contribution in [1.82, 2.24) is 9.21 Å². The van der Waals surface area contributed by atoms with Gasteiger partial charge < -0.3 is 10.6 Å². The summed E-state index contributed by atoms with van der Waals surface area (Å²) >= 11 is 0. The Morgan fingerprint density at radius 2 is 1.67 bits per heavy atom. The van der Waals surface area contributed by atoms with Gasteiger partial charge in [-0.3, -0.25) is 5.41 Å². The van der Waals surface area contributed by atoms with E-state index in [0.29, 0.717) is 31.1 Å². The highest BCUT2D eigenvalue weighted by Crippen LogP contribution is 2.16. The molecule has 0 radical (unpaired) electrons. The molecule has 0 bridgehead atoms. The van der Waals surface area contributed by atoms with E-state index in [-0.39, 0.29) is 5.96 Å². The maximum absolute atomic E-state index is 12.3. The van der Waals surface area contributed by atoms with Crippen molar-refractivity contribution in [2.24, 2.45) is 5.73 Å². The van der Waals surface area contributed by atoms with Crippen molar-refractivity contribution in [3.05, 3.63) is 30.3 Å². The van der Waals surface area contributed by atoms with E-state index in [2.05, 4.69) is 0 Å². The molecule has 3 N–H and O–H groups in total. The van der Waals surface area contributed by atoms with E-state index in [1.165, 1.54) is 4.31 Å². The summed E-state index contributed by atoms with van der Waals surface area (Å²) in [7, 11) is -3.42. The Balaban J connectivity index is 2.12. The van der Waals surface area contributed by atoms with E-state index in [1.807, 2.05) is 0 Å². The molecule has 98 valence electrons. The molecule has 6 nitrogen and oxygen atoms in total. The highest BCUT2D eigenvalue weighted by atomic mass is 32.2. The molecule has 2 rings (SSSR count). The van der Waals surface area contributed by atoms with Crippen molar-refractivity contribution >= 4 is 16.0 Å². The Kier molecular flexibility index (Phi) is 3.53. The van der Waals surface area contributed by atoms with Crippen molar-refractivity contribution < 1.29 is 8.42 Å². The SMILES string of the molecule is N=C(N)N1CCN(S(=O)(=O)c2ccccc2)CC1. The van der Waals surface area contributed by atoms with Crippen LogP contribution in [0.1, 0.15) is 0 Å². The number of sulfonamides is 1. The molecular weight excluding hydrogens is 252 g/mol. The highest BCUT2D eigenvalue weighted by molar-refractivity contribution is 7.89. The van der Waals surface area contributed by atoms with E-state index >= 15 is 0 Å². The molecule has 1 aromatic carbocycles. The van der Waals surface area contributed by atoms with E-state index in [0.717, 1.165) is 0 Å². The van der Waals surface area contributed by atoms with Crippen molar-refractivity contribution in [2.75, 3.05) is 26.2 Å².